The molecule has 0 bridgehead atoms. The fourth-order valence-electron chi connectivity index (χ4n) is 1.88. The van der Waals surface area contributed by atoms with Crippen LogP contribution in [0.5, 0.6) is 0 Å². The standard InChI is InChI=1S/C13H17FN2O2S/c14-9-3-4-12(11(15)6-9)19-8-13(17)16-7-10-2-1-5-18-10/h3-4,6,10H,1-2,5,7-8,15H2,(H,16,17). The molecule has 19 heavy (non-hydrogen) atoms. The van der Waals surface area contributed by atoms with Crippen LogP contribution in [0.4, 0.5) is 10.1 Å². The van der Waals surface area contributed by atoms with E-state index >= 15 is 0 Å². The number of carbonyl (C=O) groups is 1. The molecule has 1 aromatic rings. The van der Waals surface area contributed by atoms with Gasteiger partial charge in [-0.25, -0.2) is 4.39 Å². The molecule has 4 nitrogen and oxygen atoms in total. The number of thioether (sulfide) groups is 1. The second-order valence-electron chi connectivity index (χ2n) is 4.41. The van der Waals surface area contributed by atoms with E-state index in [1.54, 1.807) is 6.07 Å². The van der Waals surface area contributed by atoms with Gasteiger partial charge in [0.1, 0.15) is 5.82 Å². The minimum Gasteiger partial charge on any atom is -0.398 e. The molecule has 0 aliphatic carbocycles. The van der Waals surface area contributed by atoms with E-state index in [0.29, 0.717) is 17.1 Å². The Morgan fingerprint density at radius 1 is 1.58 bits per heavy atom. The monoisotopic (exact) mass is 284 g/mol. The summed E-state index contributed by atoms with van der Waals surface area (Å²) in [5, 5.41) is 2.83. The van der Waals surface area contributed by atoms with Crippen LogP contribution < -0.4 is 11.1 Å². The van der Waals surface area contributed by atoms with Gasteiger partial charge in [-0.2, -0.15) is 0 Å². The van der Waals surface area contributed by atoms with Crippen molar-refractivity contribution in [2.45, 2.75) is 23.8 Å². The summed E-state index contributed by atoms with van der Waals surface area (Å²) in [6.45, 7) is 1.33. The largest absolute Gasteiger partial charge is 0.398 e. The number of rotatable bonds is 5. The van der Waals surface area contributed by atoms with Crippen LogP contribution in [0.3, 0.4) is 0 Å². The first-order valence-corrected chi connectivity index (χ1v) is 7.20. The number of hydrogen-bond donors (Lipinski definition) is 2. The highest BCUT2D eigenvalue weighted by Crippen LogP contribution is 2.25. The zero-order chi connectivity index (χ0) is 13.7. The Bertz CT molecular complexity index is 450. The van der Waals surface area contributed by atoms with E-state index < -0.39 is 0 Å². The number of nitrogens with one attached hydrogen (secondary N) is 1. The van der Waals surface area contributed by atoms with Crippen LogP contribution in [-0.4, -0.2) is 30.9 Å². The number of carbonyl (C=O) groups excluding carboxylic acids is 1. The summed E-state index contributed by atoms with van der Waals surface area (Å²) in [5.74, 6) is -0.170. The normalized spacial score (nSPS) is 18.5. The summed E-state index contributed by atoms with van der Waals surface area (Å²) in [6.07, 6.45) is 2.20. The maximum Gasteiger partial charge on any atom is 0.230 e. The van der Waals surface area contributed by atoms with Crippen molar-refractivity contribution in [2.24, 2.45) is 0 Å². The summed E-state index contributed by atoms with van der Waals surface area (Å²) in [7, 11) is 0. The maximum absolute atomic E-state index is 12.9. The van der Waals surface area contributed by atoms with Gasteiger partial charge in [0.05, 0.1) is 11.9 Å². The smallest absolute Gasteiger partial charge is 0.230 e. The van der Waals surface area contributed by atoms with Crippen LogP contribution in [0.15, 0.2) is 23.1 Å². The average molecular weight is 284 g/mol. The Kier molecular flexibility index (Phi) is 5.04. The number of anilines is 1. The van der Waals surface area contributed by atoms with E-state index in [2.05, 4.69) is 5.32 Å². The molecule has 1 fully saturated rings. The number of ether oxygens (including phenoxy) is 1. The van der Waals surface area contributed by atoms with Crippen molar-refractivity contribution in [1.82, 2.24) is 5.32 Å². The number of nitrogen functional groups attached to an aromatic ring is 1. The van der Waals surface area contributed by atoms with Crippen molar-refractivity contribution in [3.63, 3.8) is 0 Å². The fraction of sp³-hybridized carbons (Fsp3) is 0.462. The Labute approximate surface area is 115 Å². The zero-order valence-electron chi connectivity index (χ0n) is 10.5. The molecular weight excluding hydrogens is 267 g/mol. The SMILES string of the molecule is Nc1cc(F)ccc1SCC(=O)NCC1CCCO1. The van der Waals surface area contributed by atoms with Gasteiger partial charge in [-0.05, 0) is 31.0 Å². The first-order chi connectivity index (χ1) is 9.15. The molecule has 1 atom stereocenters. The molecule has 1 unspecified atom stereocenters. The highest BCUT2D eigenvalue weighted by atomic mass is 32.2. The molecule has 0 radical (unpaired) electrons. The van der Waals surface area contributed by atoms with Gasteiger partial charge in [0.25, 0.3) is 0 Å². The molecule has 3 N–H and O–H groups in total. The molecule has 104 valence electrons. The quantitative estimate of drug-likeness (QED) is 0.639. The minimum atomic E-state index is -0.371. The molecular formula is C13H17FN2O2S. The van der Waals surface area contributed by atoms with E-state index in [0.717, 1.165) is 19.4 Å². The van der Waals surface area contributed by atoms with Crippen molar-refractivity contribution < 1.29 is 13.9 Å². The summed E-state index contributed by atoms with van der Waals surface area (Å²) >= 11 is 1.30. The van der Waals surface area contributed by atoms with Crippen LogP contribution >= 0.6 is 11.8 Å². The summed E-state index contributed by atoms with van der Waals surface area (Å²) in [5.41, 5.74) is 6.03. The van der Waals surface area contributed by atoms with Crippen LogP contribution in [0.25, 0.3) is 0 Å². The van der Waals surface area contributed by atoms with Gasteiger partial charge in [0.15, 0.2) is 0 Å². The molecule has 0 saturated carbocycles. The molecule has 2 rings (SSSR count). The summed E-state index contributed by atoms with van der Waals surface area (Å²) < 4.78 is 18.3. The molecule has 1 amide bonds. The highest BCUT2D eigenvalue weighted by Gasteiger charge is 2.16. The minimum absolute atomic E-state index is 0.0655. The second-order valence-corrected chi connectivity index (χ2v) is 5.43. The Hall–Kier alpha value is -1.27. The molecule has 0 spiro atoms. The molecule has 0 aromatic heterocycles. The van der Waals surface area contributed by atoms with Gasteiger partial charge in [-0.1, -0.05) is 0 Å². The lowest BCUT2D eigenvalue weighted by Crippen LogP contribution is -2.32. The number of halogens is 1. The molecule has 1 aliphatic heterocycles. The first-order valence-electron chi connectivity index (χ1n) is 6.21. The lowest BCUT2D eigenvalue weighted by Gasteiger charge is -2.11. The Morgan fingerprint density at radius 3 is 3.11 bits per heavy atom. The van der Waals surface area contributed by atoms with Gasteiger partial charge >= 0.3 is 0 Å². The van der Waals surface area contributed by atoms with Crippen molar-refractivity contribution in [3.05, 3.63) is 24.0 Å². The van der Waals surface area contributed by atoms with Gasteiger partial charge in [-0.3, -0.25) is 4.79 Å². The summed E-state index contributed by atoms with van der Waals surface area (Å²) in [6, 6.07) is 4.18. The van der Waals surface area contributed by atoms with Gasteiger partial charge in [-0.15, -0.1) is 11.8 Å². The Balaban J connectivity index is 1.73. The lowest BCUT2D eigenvalue weighted by molar-refractivity contribution is -0.119. The predicted octanol–water partition coefficient (Wildman–Crippen LogP) is 1.80. The predicted molar refractivity (Wildman–Crippen MR) is 73.5 cm³/mol. The average Bonchev–Trinajstić information content (AvgIpc) is 2.88. The van der Waals surface area contributed by atoms with Crippen molar-refractivity contribution in [1.29, 1.82) is 0 Å². The highest BCUT2D eigenvalue weighted by molar-refractivity contribution is 8.00. The van der Waals surface area contributed by atoms with Gasteiger partial charge in [0, 0.05) is 23.7 Å². The van der Waals surface area contributed by atoms with Crippen LogP contribution in [0.1, 0.15) is 12.8 Å². The summed E-state index contributed by atoms with van der Waals surface area (Å²) in [4.78, 5) is 12.4. The van der Waals surface area contributed by atoms with Gasteiger partial charge < -0.3 is 15.8 Å². The van der Waals surface area contributed by atoms with Crippen LogP contribution in [-0.2, 0) is 9.53 Å². The van der Waals surface area contributed by atoms with Crippen molar-refractivity contribution >= 4 is 23.4 Å². The second kappa shape index (κ2) is 6.77. The number of nitrogens with two attached hydrogens (primary N) is 1. The van der Waals surface area contributed by atoms with E-state index in [1.165, 1.54) is 23.9 Å². The van der Waals surface area contributed by atoms with Crippen LogP contribution in [0, 0.1) is 5.82 Å². The molecule has 1 aliphatic rings. The number of hydrogen-bond acceptors (Lipinski definition) is 4. The number of amides is 1. The zero-order valence-corrected chi connectivity index (χ0v) is 11.3. The number of benzene rings is 1. The first kappa shape index (κ1) is 14.1. The van der Waals surface area contributed by atoms with E-state index in [9.17, 15) is 9.18 Å². The van der Waals surface area contributed by atoms with Crippen molar-refractivity contribution in [3.8, 4) is 0 Å². The van der Waals surface area contributed by atoms with Crippen LogP contribution in [0.2, 0.25) is 0 Å². The third kappa shape index (κ3) is 4.40. The van der Waals surface area contributed by atoms with E-state index in [4.69, 9.17) is 10.5 Å². The molecule has 6 heteroatoms. The van der Waals surface area contributed by atoms with E-state index in [-0.39, 0.29) is 23.6 Å². The van der Waals surface area contributed by atoms with E-state index in [1.807, 2.05) is 0 Å². The van der Waals surface area contributed by atoms with Crippen molar-refractivity contribution in [2.75, 3.05) is 24.6 Å². The molecule has 1 saturated heterocycles. The topological polar surface area (TPSA) is 64.4 Å². The Morgan fingerprint density at radius 2 is 2.42 bits per heavy atom. The maximum atomic E-state index is 12.9. The third-order valence-corrected chi connectivity index (χ3v) is 3.97. The van der Waals surface area contributed by atoms with Gasteiger partial charge in [0.2, 0.25) is 5.91 Å². The lowest BCUT2D eigenvalue weighted by atomic mass is 10.2. The third-order valence-electron chi connectivity index (χ3n) is 2.88. The fourth-order valence-corrected chi connectivity index (χ4v) is 2.66. The molecule has 1 aromatic carbocycles. The molecule has 1 heterocycles.